The van der Waals surface area contributed by atoms with Gasteiger partial charge in [0.2, 0.25) is 5.91 Å². The van der Waals surface area contributed by atoms with E-state index in [1.165, 1.54) is 0 Å². The van der Waals surface area contributed by atoms with Crippen LogP contribution in [-0.4, -0.2) is 41.0 Å². The first-order valence-electron chi connectivity index (χ1n) is 6.50. The van der Waals surface area contributed by atoms with Crippen molar-refractivity contribution in [3.8, 4) is 0 Å². The Kier molecular flexibility index (Phi) is 4.62. The molecule has 1 saturated heterocycles. The molecule has 2 rings (SSSR count). The lowest BCUT2D eigenvalue weighted by Gasteiger charge is -2.20. The van der Waals surface area contributed by atoms with Gasteiger partial charge in [0, 0.05) is 10.7 Å². The number of carbonyl (C=O) groups is 2. The van der Waals surface area contributed by atoms with Crippen molar-refractivity contribution in [2.75, 3.05) is 18.4 Å². The smallest absolute Gasteiger partial charge is 0.320 e. The van der Waals surface area contributed by atoms with E-state index < -0.39 is 12.0 Å². The summed E-state index contributed by atoms with van der Waals surface area (Å²) < 4.78 is 0. The molecule has 0 aliphatic carbocycles. The van der Waals surface area contributed by atoms with Gasteiger partial charge in [-0.05, 0) is 50.1 Å². The highest BCUT2D eigenvalue weighted by molar-refractivity contribution is 6.30. The van der Waals surface area contributed by atoms with Crippen LogP contribution in [0.2, 0.25) is 5.02 Å². The molecule has 20 heavy (non-hydrogen) atoms. The minimum Gasteiger partial charge on any atom is -0.480 e. The largest absolute Gasteiger partial charge is 0.480 e. The second-order valence-corrected chi connectivity index (χ2v) is 5.41. The predicted octanol–water partition coefficient (Wildman–Crippen LogP) is 2.14. The molecule has 1 aromatic carbocycles. The third-order valence-corrected chi connectivity index (χ3v) is 3.69. The second-order valence-electron chi connectivity index (χ2n) is 4.97. The number of benzene rings is 1. The number of carboxylic acid groups (broad SMARTS) is 1. The van der Waals surface area contributed by atoms with Crippen molar-refractivity contribution in [2.24, 2.45) is 0 Å². The SMILES string of the molecule is Cc1cc(Cl)ccc1NC(=O)CN1CCCC1C(=O)O. The van der Waals surface area contributed by atoms with E-state index in [9.17, 15) is 9.59 Å². The number of amides is 1. The molecule has 1 fully saturated rings. The van der Waals surface area contributed by atoms with Crippen LogP contribution in [0.4, 0.5) is 5.69 Å². The van der Waals surface area contributed by atoms with Crippen LogP contribution in [0.1, 0.15) is 18.4 Å². The number of aryl methyl sites for hydroxylation is 1. The molecule has 1 aliphatic heterocycles. The molecule has 6 heteroatoms. The van der Waals surface area contributed by atoms with E-state index in [2.05, 4.69) is 5.32 Å². The molecule has 2 N–H and O–H groups in total. The third-order valence-electron chi connectivity index (χ3n) is 3.46. The number of carbonyl (C=O) groups excluding carboxylic acids is 1. The van der Waals surface area contributed by atoms with Crippen molar-refractivity contribution in [3.63, 3.8) is 0 Å². The molecule has 0 saturated carbocycles. The molecule has 1 unspecified atom stereocenters. The van der Waals surface area contributed by atoms with Crippen molar-refractivity contribution in [1.82, 2.24) is 4.90 Å². The summed E-state index contributed by atoms with van der Waals surface area (Å²) in [7, 11) is 0. The van der Waals surface area contributed by atoms with Gasteiger partial charge in [0.1, 0.15) is 6.04 Å². The molecular weight excluding hydrogens is 280 g/mol. The van der Waals surface area contributed by atoms with Crippen LogP contribution in [0.25, 0.3) is 0 Å². The van der Waals surface area contributed by atoms with Gasteiger partial charge in [0.05, 0.1) is 6.54 Å². The Labute approximate surface area is 122 Å². The monoisotopic (exact) mass is 296 g/mol. The van der Waals surface area contributed by atoms with Crippen molar-refractivity contribution in [2.45, 2.75) is 25.8 Å². The highest BCUT2D eigenvalue weighted by Gasteiger charge is 2.31. The summed E-state index contributed by atoms with van der Waals surface area (Å²) in [4.78, 5) is 24.7. The van der Waals surface area contributed by atoms with Gasteiger partial charge >= 0.3 is 5.97 Å². The van der Waals surface area contributed by atoms with Crippen LogP contribution < -0.4 is 5.32 Å². The minimum atomic E-state index is -0.863. The standard InChI is InChI=1S/C14H17ClN2O3/c1-9-7-10(15)4-5-11(9)16-13(18)8-17-6-2-3-12(17)14(19)20/h4-5,7,12H,2-3,6,8H2,1H3,(H,16,18)(H,19,20). The number of hydrogen-bond donors (Lipinski definition) is 2. The molecule has 108 valence electrons. The van der Waals surface area contributed by atoms with Crippen molar-refractivity contribution < 1.29 is 14.7 Å². The van der Waals surface area contributed by atoms with Crippen LogP contribution >= 0.6 is 11.6 Å². The fraction of sp³-hybridized carbons (Fsp3) is 0.429. The van der Waals surface area contributed by atoms with E-state index in [1.807, 2.05) is 6.92 Å². The molecule has 1 heterocycles. The zero-order valence-electron chi connectivity index (χ0n) is 11.2. The van der Waals surface area contributed by atoms with Gasteiger partial charge in [-0.25, -0.2) is 0 Å². The van der Waals surface area contributed by atoms with E-state index in [1.54, 1.807) is 23.1 Å². The summed E-state index contributed by atoms with van der Waals surface area (Å²) in [5, 5.41) is 12.5. The molecule has 0 bridgehead atoms. The fourth-order valence-electron chi connectivity index (χ4n) is 2.44. The molecule has 5 nitrogen and oxygen atoms in total. The number of nitrogens with zero attached hydrogens (tertiary/aromatic N) is 1. The first-order chi connectivity index (χ1) is 9.47. The molecule has 1 atom stereocenters. The van der Waals surface area contributed by atoms with Crippen LogP contribution in [0.3, 0.4) is 0 Å². The molecule has 1 amide bonds. The summed E-state index contributed by atoms with van der Waals surface area (Å²) in [6, 6.07) is 4.67. The maximum atomic E-state index is 12.0. The molecular formula is C14H17ClN2O3. The molecule has 1 aliphatic rings. The van der Waals surface area contributed by atoms with Crippen molar-refractivity contribution in [1.29, 1.82) is 0 Å². The Morgan fingerprint density at radius 1 is 1.50 bits per heavy atom. The topological polar surface area (TPSA) is 69.6 Å². The maximum absolute atomic E-state index is 12.0. The van der Waals surface area contributed by atoms with E-state index in [4.69, 9.17) is 16.7 Å². The molecule has 0 aromatic heterocycles. The van der Waals surface area contributed by atoms with E-state index in [0.717, 1.165) is 12.0 Å². The average molecular weight is 297 g/mol. The summed E-state index contributed by atoms with van der Waals surface area (Å²) in [5.74, 6) is -1.07. The number of hydrogen-bond acceptors (Lipinski definition) is 3. The first-order valence-corrected chi connectivity index (χ1v) is 6.88. The summed E-state index contributed by atoms with van der Waals surface area (Å²) in [6.07, 6.45) is 1.41. The van der Waals surface area contributed by atoms with Crippen LogP contribution in [0, 0.1) is 6.92 Å². The first kappa shape index (κ1) is 14.8. The lowest BCUT2D eigenvalue weighted by Crippen LogP contribution is -2.40. The van der Waals surface area contributed by atoms with Crippen LogP contribution in [-0.2, 0) is 9.59 Å². The number of aliphatic carboxylic acids is 1. The van der Waals surface area contributed by atoms with Gasteiger partial charge in [-0.2, -0.15) is 0 Å². The Balaban J connectivity index is 1.97. The predicted molar refractivity (Wildman–Crippen MR) is 77.0 cm³/mol. The zero-order valence-corrected chi connectivity index (χ0v) is 12.0. The van der Waals surface area contributed by atoms with Crippen LogP contribution in [0.5, 0.6) is 0 Å². The average Bonchev–Trinajstić information content (AvgIpc) is 2.81. The Morgan fingerprint density at radius 2 is 2.25 bits per heavy atom. The zero-order chi connectivity index (χ0) is 14.7. The Morgan fingerprint density at radius 3 is 2.90 bits per heavy atom. The lowest BCUT2D eigenvalue weighted by molar-refractivity contribution is -0.142. The fourth-order valence-corrected chi connectivity index (χ4v) is 2.66. The van der Waals surface area contributed by atoms with E-state index in [0.29, 0.717) is 23.7 Å². The van der Waals surface area contributed by atoms with Gasteiger partial charge < -0.3 is 10.4 Å². The van der Waals surface area contributed by atoms with Crippen molar-refractivity contribution in [3.05, 3.63) is 28.8 Å². The molecule has 1 aromatic rings. The number of anilines is 1. The summed E-state index contributed by atoms with van der Waals surface area (Å²) >= 11 is 5.86. The minimum absolute atomic E-state index is 0.0963. The number of carboxylic acids is 1. The number of likely N-dealkylation sites (tertiary alicyclic amines) is 1. The van der Waals surface area contributed by atoms with Crippen molar-refractivity contribution >= 4 is 29.2 Å². The van der Waals surface area contributed by atoms with Gasteiger partial charge in [-0.3, -0.25) is 14.5 Å². The summed E-state index contributed by atoms with van der Waals surface area (Å²) in [6.45, 7) is 2.60. The summed E-state index contributed by atoms with van der Waals surface area (Å²) in [5.41, 5.74) is 1.58. The van der Waals surface area contributed by atoms with Gasteiger partial charge in [-0.15, -0.1) is 0 Å². The van der Waals surface area contributed by atoms with Gasteiger partial charge in [0.15, 0.2) is 0 Å². The normalized spacial score (nSPS) is 19.0. The maximum Gasteiger partial charge on any atom is 0.320 e. The number of nitrogens with one attached hydrogen (secondary N) is 1. The number of rotatable bonds is 4. The van der Waals surface area contributed by atoms with Crippen LogP contribution in [0.15, 0.2) is 18.2 Å². The van der Waals surface area contributed by atoms with E-state index in [-0.39, 0.29) is 12.5 Å². The molecule has 0 spiro atoms. The molecule has 0 radical (unpaired) electrons. The lowest BCUT2D eigenvalue weighted by atomic mass is 10.2. The van der Waals surface area contributed by atoms with Gasteiger partial charge in [-0.1, -0.05) is 11.6 Å². The van der Waals surface area contributed by atoms with Gasteiger partial charge in [0.25, 0.3) is 0 Å². The third kappa shape index (κ3) is 3.49. The second kappa shape index (κ2) is 6.24. The highest BCUT2D eigenvalue weighted by Crippen LogP contribution is 2.20. The highest BCUT2D eigenvalue weighted by atomic mass is 35.5. The quantitative estimate of drug-likeness (QED) is 0.893. The Hall–Kier alpha value is -1.59. The number of halogens is 1. The Bertz CT molecular complexity index is 533. The van der Waals surface area contributed by atoms with E-state index >= 15 is 0 Å².